The fraction of sp³-hybridized carbons (Fsp3) is 0.667. The van der Waals surface area contributed by atoms with E-state index in [2.05, 4.69) is 5.32 Å². The van der Waals surface area contributed by atoms with Gasteiger partial charge in [-0.1, -0.05) is 31.5 Å². The van der Waals surface area contributed by atoms with E-state index >= 15 is 0 Å². The first-order chi connectivity index (χ1) is 16.2. The van der Waals surface area contributed by atoms with Gasteiger partial charge in [0, 0.05) is 42.2 Å². The molecular formula is C27H36ClN3O3. The number of benzene rings is 1. The highest BCUT2D eigenvalue weighted by Crippen LogP contribution is 2.60. The Bertz CT molecular complexity index is 934. The summed E-state index contributed by atoms with van der Waals surface area (Å²) in [6.07, 6.45) is 6.85. The molecule has 0 unspecified atom stereocenters. The van der Waals surface area contributed by atoms with Gasteiger partial charge in [-0.25, -0.2) is 0 Å². The third-order valence-corrected chi connectivity index (χ3v) is 8.92. The maximum Gasteiger partial charge on any atom is 0.254 e. The van der Waals surface area contributed by atoms with E-state index in [0.717, 1.165) is 19.3 Å². The molecule has 1 N–H and O–H groups in total. The van der Waals surface area contributed by atoms with Crippen LogP contribution in [0.25, 0.3) is 0 Å². The van der Waals surface area contributed by atoms with Crippen molar-refractivity contribution < 1.29 is 14.4 Å². The Morgan fingerprint density at radius 1 is 0.941 bits per heavy atom. The van der Waals surface area contributed by atoms with E-state index in [1.807, 2.05) is 18.7 Å². The summed E-state index contributed by atoms with van der Waals surface area (Å²) in [5, 5.41) is 3.75. The second-order valence-electron chi connectivity index (χ2n) is 11.5. The number of rotatable bonds is 5. The predicted molar refractivity (Wildman–Crippen MR) is 131 cm³/mol. The molecule has 184 valence electrons. The molecule has 0 aromatic heterocycles. The van der Waals surface area contributed by atoms with Crippen molar-refractivity contribution in [2.75, 3.05) is 26.2 Å². The lowest BCUT2D eigenvalue weighted by Crippen LogP contribution is -2.60. The highest BCUT2D eigenvalue weighted by Gasteiger charge is 2.55. The summed E-state index contributed by atoms with van der Waals surface area (Å²) in [7, 11) is 0. The van der Waals surface area contributed by atoms with Gasteiger partial charge in [-0.05, 0) is 80.4 Å². The molecule has 1 aliphatic heterocycles. The fourth-order valence-electron chi connectivity index (χ4n) is 7.33. The molecule has 1 saturated heterocycles. The fourth-order valence-corrected chi connectivity index (χ4v) is 7.52. The van der Waals surface area contributed by atoms with Crippen molar-refractivity contribution in [2.45, 2.75) is 58.4 Å². The van der Waals surface area contributed by atoms with Crippen molar-refractivity contribution in [3.8, 4) is 0 Å². The first kappa shape index (κ1) is 23.7. The number of halogens is 1. The number of nitrogens with zero attached hydrogens (tertiary/aromatic N) is 2. The van der Waals surface area contributed by atoms with Crippen molar-refractivity contribution in [3.05, 3.63) is 34.9 Å². The van der Waals surface area contributed by atoms with E-state index in [9.17, 15) is 14.4 Å². The quantitative estimate of drug-likeness (QED) is 0.685. The number of piperazine rings is 1. The van der Waals surface area contributed by atoms with Crippen LogP contribution in [-0.2, 0) is 9.59 Å². The molecule has 4 saturated carbocycles. The molecule has 1 aromatic carbocycles. The molecule has 34 heavy (non-hydrogen) atoms. The smallest absolute Gasteiger partial charge is 0.254 e. The summed E-state index contributed by atoms with van der Waals surface area (Å²) < 4.78 is 0. The Balaban J connectivity index is 1.21. The van der Waals surface area contributed by atoms with Gasteiger partial charge in [0.1, 0.15) is 6.04 Å². The van der Waals surface area contributed by atoms with E-state index in [-0.39, 0.29) is 29.1 Å². The molecule has 4 bridgehead atoms. The second kappa shape index (κ2) is 9.18. The van der Waals surface area contributed by atoms with Crippen LogP contribution in [0, 0.1) is 29.1 Å². The highest BCUT2D eigenvalue weighted by atomic mass is 35.5. The Labute approximate surface area is 207 Å². The van der Waals surface area contributed by atoms with Gasteiger partial charge in [0.05, 0.1) is 0 Å². The monoisotopic (exact) mass is 485 g/mol. The standard InChI is InChI=1S/C27H36ClN3O3/c1-17(2)23(29-26(34)27-14-18-10-19(15-27)12-20(11-18)16-27)25(33)31-8-6-30(7-9-31)24(32)21-4-3-5-22(28)13-21/h3-5,13,17-20,23H,6-12,14-16H2,1-2H3,(H,29,34)/t18?,19?,20?,23-,27?/m0/s1. The van der Waals surface area contributed by atoms with E-state index < -0.39 is 6.04 Å². The van der Waals surface area contributed by atoms with E-state index in [1.54, 1.807) is 29.2 Å². The van der Waals surface area contributed by atoms with Gasteiger partial charge < -0.3 is 15.1 Å². The normalized spacial score (nSPS) is 31.0. The topological polar surface area (TPSA) is 69.7 Å². The molecule has 1 aromatic rings. The van der Waals surface area contributed by atoms with Crippen LogP contribution in [-0.4, -0.2) is 59.7 Å². The van der Waals surface area contributed by atoms with E-state index in [0.29, 0.717) is 54.5 Å². The van der Waals surface area contributed by atoms with Gasteiger partial charge >= 0.3 is 0 Å². The second-order valence-corrected chi connectivity index (χ2v) is 12.0. The van der Waals surface area contributed by atoms with Gasteiger partial charge in [0.2, 0.25) is 11.8 Å². The third kappa shape index (κ3) is 4.46. The summed E-state index contributed by atoms with van der Waals surface area (Å²) in [4.78, 5) is 43.5. The molecule has 7 heteroatoms. The lowest BCUT2D eigenvalue weighted by molar-refractivity contribution is -0.151. The van der Waals surface area contributed by atoms with Crippen molar-refractivity contribution in [3.63, 3.8) is 0 Å². The van der Waals surface area contributed by atoms with Gasteiger partial charge in [-0.2, -0.15) is 0 Å². The average Bonchev–Trinajstić information content (AvgIpc) is 2.80. The van der Waals surface area contributed by atoms with Crippen LogP contribution < -0.4 is 5.32 Å². The number of carbonyl (C=O) groups is 3. The minimum Gasteiger partial charge on any atom is -0.344 e. The van der Waals surface area contributed by atoms with Crippen LogP contribution in [0.2, 0.25) is 5.02 Å². The predicted octanol–water partition coefficient (Wildman–Crippen LogP) is 3.98. The zero-order chi connectivity index (χ0) is 24.0. The van der Waals surface area contributed by atoms with E-state index in [4.69, 9.17) is 11.6 Å². The zero-order valence-electron chi connectivity index (χ0n) is 20.3. The summed E-state index contributed by atoms with van der Waals surface area (Å²) in [6.45, 7) is 5.90. The number of nitrogens with one attached hydrogen (secondary N) is 1. The molecule has 6 rings (SSSR count). The van der Waals surface area contributed by atoms with Gasteiger partial charge in [-0.15, -0.1) is 0 Å². The van der Waals surface area contributed by atoms with Crippen LogP contribution >= 0.6 is 11.6 Å². The maximum absolute atomic E-state index is 13.6. The first-order valence-corrected chi connectivity index (χ1v) is 13.3. The van der Waals surface area contributed by atoms with E-state index in [1.165, 1.54) is 19.3 Å². The van der Waals surface area contributed by atoms with Crippen molar-refractivity contribution in [1.82, 2.24) is 15.1 Å². The lowest BCUT2D eigenvalue weighted by atomic mass is 9.49. The SMILES string of the molecule is CC(C)[C@H](NC(=O)C12CC3CC(CC(C3)C1)C2)C(=O)N1CCN(C(=O)c2cccc(Cl)c2)CC1. The number of carbonyl (C=O) groups excluding carboxylic acids is 3. The Morgan fingerprint density at radius 2 is 1.50 bits per heavy atom. The van der Waals surface area contributed by atoms with Crippen molar-refractivity contribution in [2.24, 2.45) is 29.1 Å². The number of amides is 3. The van der Waals surface area contributed by atoms with Crippen molar-refractivity contribution in [1.29, 1.82) is 0 Å². The molecule has 5 fully saturated rings. The Kier molecular flexibility index (Phi) is 6.38. The zero-order valence-corrected chi connectivity index (χ0v) is 21.0. The third-order valence-electron chi connectivity index (χ3n) is 8.69. The average molecular weight is 486 g/mol. The van der Waals surface area contributed by atoms with Crippen LogP contribution in [0.1, 0.15) is 62.7 Å². The minimum absolute atomic E-state index is 0.0106. The molecule has 5 aliphatic rings. The lowest BCUT2D eigenvalue weighted by Gasteiger charge is -2.56. The largest absolute Gasteiger partial charge is 0.344 e. The van der Waals surface area contributed by atoms with Crippen LogP contribution in [0.5, 0.6) is 0 Å². The summed E-state index contributed by atoms with van der Waals surface area (Å²) >= 11 is 6.04. The Morgan fingerprint density at radius 3 is 2.03 bits per heavy atom. The summed E-state index contributed by atoms with van der Waals surface area (Å²) in [5.41, 5.74) is 0.305. The molecule has 1 atom stereocenters. The maximum atomic E-state index is 13.6. The molecule has 6 nitrogen and oxygen atoms in total. The molecule has 0 spiro atoms. The first-order valence-electron chi connectivity index (χ1n) is 12.9. The molecule has 1 heterocycles. The van der Waals surface area contributed by atoms with Gasteiger partial charge in [0.25, 0.3) is 5.91 Å². The van der Waals surface area contributed by atoms with Crippen LogP contribution in [0.3, 0.4) is 0 Å². The molecule has 3 amide bonds. The molecule has 0 radical (unpaired) electrons. The van der Waals surface area contributed by atoms with Gasteiger partial charge in [-0.3, -0.25) is 14.4 Å². The highest BCUT2D eigenvalue weighted by molar-refractivity contribution is 6.30. The van der Waals surface area contributed by atoms with Crippen LogP contribution in [0.15, 0.2) is 24.3 Å². The summed E-state index contributed by atoms with van der Waals surface area (Å²) in [5.74, 6) is 2.10. The molecule has 4 aliphatic carbocycles. The van der Waals surface area contributed by atoms with Crippen LogP contribution in [0.4, 0.5) is 0 Å². The van der Waals surface area contributed by atoms with Gasteiger partial charge in [0.15, 0.2) is 0 Å². The van der Waals surface area contributed by atoms with Crippen molar-refractivity contribution >= 4 is 29.3 Å². The summed E-state index contributed by atoms with van der Waals surface area (Å²) in [6, 6.07) is 6.44. The minimum atomic E-state index is -0.518. The molecular weight excluding hydrogens is 450 g/mol. The Hall–Kier alpha value is -2.08. The number of hydrogen-bond acceptors (Lipinski definition) is 3. The number of hydrogen-bond donors (Lipinski definition) is 1.